The normalized spacial score (nSPS) is 16.7. The largest absolute Gasteiger partial charge is 0.338 e. The van der Waals surface area contributed by atoms with Crippen molar-refractivity contribution < 1.29 is 4.79 Å². The summed E-state index contributed by atoms with van der Waals surface area (Å²) < 4.78 is 1.59. The van der Waals surface area contributed by atoms with Gasteiger partial charge in [0.25, 0.3) is 0 Å². The first kappa shape index (κ1) is 13.0. The molecule has 6 heteroatoms. The molecule has 1 fully saturated rings. The van der Waals surface area contributed by atoms with Gasteiger partial charge in [0.15, 0.2) is 0 Å². The van der Waals surface area contributed by atoms with E-state index in [0.717, 1.165) is 38.9 Å². The first-order valence-corrected chi connectivity index (χ1v) is 6.64. The number of aromatic nitrogens is 3. The summed E-state index contributed by atoms with van der Waals surface area (Å²) in [4.78, 5) is 18.2. The van der Waals surface area contributed by atoms with Crippen LogP contribution in [0.2, 0.25) is 0 Å². The van der Waals surface area contributed by atoms with E-state index in [0.29, 0.717) is 12.6 Å². The molecule has 1 aliphatic rings. The van der Waals surface area contributed by atoms with Crippen molar-refractivity contribution in [2.75, 3.05) is 19.6 Å². The van der Waals surface area contributed by atoms with Crippen molar-refractivity contribution in [1.82, 2.24) is 25.0 Å². The van der Waals surface area contributed by atoms with Gasteiger partial charge in [-0.25, -0.2) is 9.67 Å². The molecule has 1 N–H and O–H groups in total. The standard InChI is InChI=1S/C12H21N5O/c1-2-7-17(11-3-5-13-6-4-11)12(18)8-16-10-14-9-15-16/h9-11,13H,2-8H2,1H3. The lowest BCUT2D eigenvalue weighted by Crippen LogP contribution is -2.47. The van der Waals surface area contributed by atoms with E-state index in [-0.39, 0.29) is 5.91 Å². The molecule has 1 saturated heterocycles. The number of carbonyl (C=O) groups is 1. The third kappa shape index (κ3) is 3.29. The van der Waals surface area contributed by atoms with Gasteiger partial charge in [0.2, 0.25) is 5.91 Å². The Balaban J connectivity index is 1.97. The molecule has 0 aliphatic carbocycles. The monoisotopic (exact) mass is 251 g/mol. The Bertz CT molecular complexity index is 359. The third-order valence-corrected chi connectivity index (χ3v) is 3.30. The van der Waals surface area contributed by atoms with Crippen molar-refractivity contribution in [2.45, 2.75) is 38.8 Å². The molecular weight excluding hydrogens is 230 g/mol. The predicted molar refractivity (Wildman–Crippen MR) is 67.9 cm³/mol. The molecule has 100 valence electrons. The van der Waals surface area contributed by atoms with Crippen molar-refractivity contribution in [2.24, 2.45) is 0 Å². The van der Waals surface area contributed by atoms with Crippen LogP contribution in [0.1, 0.15) is 26.2 Å². The van der Waals surface area contributed by atoms with Crippen LogP contribution in [0, 0.1) is 0 Å². The Kier molecular flexibility index (Phi) is 4.69. The number of piperidine rings is 1. The van der Waals surface area contributed by atoms with E-state index in [2.05, 4.69) is 22.3 Å². The van der Waals surface area contributed by atoms with E-state index in [4.69, 9.17) is 0 Å². The van der Waals surface area contributed by atoms with Crippen LogP contribution < -0.4 is 5.32 Å². The second-order valence-electron chi connectivity index (χ2n) is 4.66. The first-order chi connectivity index (χ1) is 8.81. The summed E-state index contributed by atoms with van der Waals surface area (Å²) >= 11 is 0. The fourth-order valence-electron chi connectivity index (χ4n) is 2.41. The lowest BCUT2D eigenvalue weighted by molar-refractivity contribution is -0.135. The summed E-state index contributed by atoms with van der Waals surface area (Å²) in [6.07, 6.45) is 6.13. The molecule has 6 nitrogen and oxygen atoms in total. The van der Waals surface area contributed by atoms with Gasteiger partial charge in [0.05, 0.1) is 0 Å². The minimum absolute atomic E-state index is 0.147. The number of amides is 1. The highest BCUT2D eigenvalue weighted by atomic mass is 16.2. The van der Waals surface area contributed by atoms with Crippen LogP contribution in [-0.2, 0) is 11.3 Å². The maximum Gasteiger partial charge on any atom is 0.244 e. The zero-order chi connectivity index (χ0) is 12.8. The lowest BCUT2D eigenvalue weighted by atomic mass is 10.0. The van der Waals surface area contributed by atoms with Crippen LogP contribution >= 0.6 is 0 Å². The molecule has 1 amide bonds. The van der Waals surface area contributed by atoms with Gasteiger partial charge in [0, 0.05) is 12.6 Å². The van der Waals surface area contributed by atoms with E-state index in [9.17, 15) is 4.79 Å². The van der Waals surface area contributed by atoms with Crippen LogP contribution in [-0.4, -0.2) is 51.2 Å². The van der Waals surface area contributed by atoms with Crippen LogP contribution in [0.15, 0.2) is 12.7 Å². The van der Waals surface area contributed by atoms with Crippen molar-refractivity contribution >= 4 is 5.91 Å². The zero-order valence-electron chi connectivity index (χ0n) is 10.9. The van der Waals surface area contributed by atoms with E-state index in [1.165, 1.54) is 6.33 Å². The molecule has 0 saturated carbocycles. The molecule has 0 bridgehead atoms. The van der Waals surface area contributed by atoms with Crippen LogP contribution in [0.25, 0.3) is 0 Å². The second-order valence-corrected chi connectivity index (χ2v) is 4.66. The molecule has 1 aromatic rings. The molecule has 1 aliphatic heterocycles. The van der Waals surface area contributed by atoms with Crippen molar-refractivity contribution in [3.8, 4) is 0 Å². The number of rotatable bonds is 5. The van der Waals surface area contributed by atoms with Crippen molar-refractivity contribution in [3.63, 3.8) is 0 Å². The predicted octanol–water partition coefficient (Wildman–Crippen LogP) is 0.269. The minimum atomic E-state index is 0.147. The fraction of sp³-hybridized carbons (Fsp3) is 0.750. The van der Waals surface area contributed by atoms with Crippen LogP contribution in [0.4, 0.5) is 0 Å². The second kappa shape index (κ2) is 6.49. The third-order valence-electron chi connectivity index (χ3n) is 3.30. The first-order valence-electron chi connectivity index (χ1n) is 6.64. The molecule has 0 radical (unpaired) electrons. The van der Waals surface area contributed by atoms with E-state index < -0.39 is 0 Å². The number of carbonyl (C=O) groups excluding carboxylic acids is 1. The van der Waals surface area contributed by atoms with Crippen LogP contribution in [0.3, 0.4) is 0 Å². The summed E-state index contributed by atoms with van der Waals surface area (Å²) in [6.45, 7) is 5.24. The SMILES string of the molecule is CCCN(C(=O)Cn1cncn1)C1CCNCC1. The summed E-state index contributed by atoms with van der Waals surface area (Å²) in [5.74, 6) is 0.147. The van der Waals surface area contributed by atoms with E-state index in [1.807, 2.05) is 4.90 Å². The van der Waals surface area contributed by atoms with Gasteiger partial charge < -0.3 is 10.2 Å². The molecule has 18 heavy (non-hydrogen) atoms. The highest BCUT2D eigenvalue weighted by Crippen LogP contribution is 2.13. The number of hydrogen-bond donors (Lipinski definition) is 1. The molecule has 2 heterocycles. The van der Waals surface area contributed by atoms with Crippen LogP contribution in [0.5, 0.6) is 0 Å². The number of nitrogens with one attached hydrogen (secondary N) is 1. The zero-order valence-corrected chi connectivity index (χ0v) is 10.9. The molecule has 0 atom stereocenters. The number of hydrogen-bond acceptors (Lipinski definition) is 4. The van der Waals surface area contributed by atoms with Gasteiger partial charge in [-0.2, -0.15) is 5.10 Å². The molecule has 0 aromatic carbocycles. The van der Waals surface area contributed by atoms with Crippen molar-refractivity contribution in [1.29, 1.82) is 0 Å². The quantitative estimate of drug-likeness (QED) is 0.816. The minimum Gasteiger partial charge on any atom is -0.338 e. The average molecular weight is 251 g/mol. The van der Waals surface area contributed by atoms with Crippen molar-refractivity contribution in [3.05, 3.63) is 12.7 Å². The van der Waals surface area contributed by atoms with Gasteiger partial charge in [-0.05, 0) is 32.4 Å². The van der Waals surface area contributed by atoms with Gasteiger partial charge >= 0.3 is 0 Å². The Morgan fingerprint density at radius 2 is 2.28 bits per heavy atom. The Labute approximate surface area is 107 Å². The van der Waals surface area contributed by atoms with Gasteiger partial charge in [-0.15, -0.1) is 0 Å². The topological polar surface area (TPSA) is 63.1 Å². The molecule has 0 unspecified atom stereocenters. The average Bonchev–Trinajstić information content (AvgIpc) is 2.89. The molecular formula is C12H21N5O. The lowest BCUT2D eigenvalue weighted by Gasteiger charge is -2.34. The highest BCUT2D eigenvalue weighted by Gasteiger charge is 2.24. The van der Waals surface area contributed by atoms with Gasteiger partial charge in [-0.3, -0.25) is 4.79 Å². The Morgan fingerprint density at radius 3 is 2.89 bits per heavy atom. The maximum absolute atomic E-state index is 12.3. The molecule has 2 rings (SSSR count). The van der Waals surface area contributed by atoms with Gasteiger partial charge in [0.1, 0.15) is 19.2 Å². The summed E-state index contributed by atoms with van der Waals surface area (Å²) in [5.41, 5.74) is 0. The van der Waals surface area contributed by atoms with Gasteiger partial charge in [-0.1, -0.05) is 6.92 Å². The molecule has 1 aromatic heterocycles. The molecule has 0 spiro atoms. The fourth-order valence-corrected chi connectivity index (χ4v) is 2.41. The van der Waals surface area contributed by atoms with E-state index in [1.54, 1.807) is 11.0 Å². The van der Waals surface area contributed by atoms with E-state index >= 15 is 0 Å². The smallest absolute Gasteiger partial charge is 0.244 e. The summed E-state index contributed by atoms with van der Waals surface area (Å²) in [7, 11) is 0. The Hall–Kier alpha value is -1.43. The summed E-state index contributed by atoms with van der Waals surface area (Å²) in [6, 6.07) is 0.377. The Morgan fingerprint density at radius 1 is 1.50 bits per heavy atom. The highest BCUT2D eigenvalue weighted by molar-refractivity contribution is 5.76. The maximum atomic E-state index is 12.3. The number of nitrogens with zero attached hydrogens (tertiary/aromatic N) is 4. The summed E-state index contributed by atoms with van der Waals surface area (Å²) in [5, 5.41) is 7.32.